The van der Waals surface area contributed by atoms with Crippen molar-refractivity contribution < 1.29 is 4.74 Å². The lowest BCUT2D eigenvalue weighted by atomic mass is 9.92. The number of morpholine rings is 1. The van der Waals surface area contributed by atoms with Crippen molar-refractivity contribution >= 4 is 0 Å². The smallest absolute Gasteiger partial charge is 0.0962 e. The Hall–Kier alpha value is -0.860. The lowest BCUT2D eigenvalue weighted by molar-refractivity contribution is -0.109. The molecule has 1 fully saturated rings. The molecule has 1 N–H and O–H groups in total. The molecular formula is C16H25NO. The van der Waals surface area contributed by atoms with E-state index in [0.717, 1.165) is 19.5 Å². The van der Waals surface area contributed by atoms with Gasteiger partial charge in [-0.05, 0) is 50.8 Å². The van der Waals surface area contributed by atoms with Gasteiger partial charge in [-0.25, -0.2) is 0 Å². The maximum Gasteiger partial charge on any atom is 0.0962 e. The van der Waals surface area contributed by atoms with Crippen LogP contribution in [0.25, 0.3) is 0 Å². The zero-order chi connectivity index (χ0) is 13.3. The molecule has 0 aliphatic carbocycles. The van der Waals surface area contributed by atoms with E-state index in [1.807, 2.05) is 0 Å². The molecule has 0 aromatic heterocycles. The monoisotopic (exact) mass is 247 g/mol. The van der Waals surface area contributed by atoms with Crippen LogP contribution in [-0.2, 0) is 4.74 Å². The molecule has 1 aliphatic rings. The summed E-state index contributed by atoms with van der Waals surface area (Å²) in [5, 5.41) is 3.52. The Balaban J connectivity index is 2.32. The third-order valence-corrected chi connectivity index (χ3v) is 4.06. The first-order chi connectivity index (χ1) is 8.45. The molecular weight excluding hydrogens is 222 g/mol. The van der Waals surface area contributed by atoms with E-state index >= 15 is 0 Å². The van der Waals surface area contributed by atoms with Gasteiger partial charge in [0.15, 0.2) is 0 Å². The zero-order valence-electron chi connectivity index (χ0n) is 12.3. The number of aryl methyl sites for hydroxylation is 3. The molecule has 0 amide bonds. The van der Waals surface area contributed by atoms with E-state index in [1.165, 1.54) is 22.3 Å². The molecule has 2 rings (SSSR count). The molecule has 0 radical (unpaired) electrons. The molecule has 1 aliphatic heterocycles. The first kappa shape index (κ1) is 13.6. The summed E-state index contributed by atoms with van der Waals surface area (Å²) in [5.41, 5.74) is 5.36. The second kappa shape index (κ2) is 5.02. The summed E-state index contributed by atoms with van der Waals surface area (Å²) in [7, 11) is 0. The highest BCUT2D eigenvalue weighted by Gasteiger charge is 2.33. The van der Waals surface area contributed by atoms with E-state index in [1.54, 1.807) is 0 Å². The van der Waals surface area contributed by atoms with Crippen LogP contribution in [0.15, 0.2) is 12.1 Å². The van der Waals surface area contributed by atoms with Gasteiger partial charge in [0.05, 0.1) is 11.7 Å². The Kier molecular flexibility index (Phi) is 3.79. The van der Waals surface area contributed by atoms with E-state index in [9.17, 15) is 0 Å². The van der Waals surface area contributed by atoms with Crippen LogP contribution in [0.3, 0.4) is 0 Å². The summed E-state index contributed by atoms with van der Waals surface area (Å²) in [6.07, 6.45) is 1.23. The van der Waals surface area contributed by atoms with Crippen LogP contribution < -0.4 is 5.32 Å². The van der Waals surface area contributed by atoms with Crippen molar-refractivity contribution in [1.29, 1.82) is 0 Å². The second-order valence-electron chi connectivity index (χ2n) is 5.85. The molecule has 2 nitrogen and oxygen atoms in total. The number of nitrogens with one attached hydrogen (secondary N) is 1. The minimum Gasteiger partial charge on any atom is -0.365 e. The molecule has 1 saturated heterocycles. The summed E-state index contributed by atoms with van der Waals surface area (Å²) in [4.78, 5) is 0. The fourth-order valence-electron chi connectivity index (χ4n) is 2.96. The van der Waals surface area contributed by atoms with Gasteiger partial charge < -0.3 is 10.1 Å². The molecule has 100 valence electrons. The van der Waals surface area contributed by atoms with E-state index < -0.39 is 0 Å². The quantitative estimate of drug-likeness (QED) is 0.864. The minimum atomic E-state index is -0.0350. The topological polar surface area (TPSA) is 21.3 Å². The summed E-state index contributed by atoms with van der Waals surface area (Å²) in [5.74, 6) is 0. The number of benzene rings is 1. The summed E-state index contributed by atoms with van der Waals surface area (Å²) >= 11 is 0. The van der Waals surface area contributed by atoms with Crippen LogP contribution in [0.2, 0.25) is 0 Å². The van der Waals surface area contributed by atoms with Gasteiger partial charge in [-0.2, -0.15) is 0 Å². The SMILES string of the molecule is CCC1(C)CNCC(c2c(C)cc(C)cc2C)O1. The van der Waals surface area contributed by atoms with Crippen molar-refractivity contribution in [2.45, 2.75) is 52.7 Å². The maximum absolute atomic E-state index is 6.35. The molecule has 2 atom stereocenters. The van der Waals surface area contributed by atoms with E-state index in [-0.39, 0.29) is 11.7 Å². The van der Waals surface area contributed by atoms with Gasteiger partial charge in [0, 0.05) is 13.1 Å². The van der Waals surface area contributed by atoms with Crippen LogP contribution >= 0.6 is 0 Å². The van der Waals surface area contributed by atoms with Gasteiger partial charge in [-0.1, -0.05) is 24.6 Å². The lowest BCUT2D eigenvalue weighted by Gasteiger charge is -2.40. The fourth-order valence-corrected chi connectivity index (χ4v) is 2.96. The number of ether oxygens (including phenoxy) is 1. The van der Waals surface area contributed by atoms with Crippen molar-refractivity contribution in [1.82, 2.24) is 5.32 Å². The predicted molar refractivity (Wildman–Crippen MR) is 76.0 cm³/mol. The molecule has 0 spiro atoms. The molecule has 1 aromatic rings. The van der Waals surface area contributed by atoms with Gasteiger partial charge in [0.1, 0.15) is 0 Å². The standard InChI is InChI=1S/C16H25NO/c1-6-16(5)10-17-9-14(18-16)15-12(3)7-11(2)8-13(15)4/h7-8,14,17H,6,9-10H2,1-5H3. The minimum absolute atomic E-state index is 0.0350. The van der Waals surface area contributed by atoms with E-state index in [2.05, 4.69) is 52.1 Å². The molecule has 0 bridgehead atoms. The molecule has 2 heteroatoms. The largest absolute Gasteiger partial charge is 0.365 e. The molecule has 1 aromatic carbocycles. The van der Waals surface area contributed by atoms with Crippen LogP contribution in [0.4, 0.5) is 0 Å². The first-order valence-corrected chi connectivity index (χ1v) is 6.91. The lowest BCUT2D eigenvalue weighted by Crippen LogP contribution is -2.48. The number of hydrogen-bond donors (Lipinski definition) is 1. The zero-order valence-corrected chi connectivity index (χ0v) is 12.3. The Labute approximate surface area is 111 Å². The normalized spacial score (nSPS) is 28.4. The van der Waals surface area contributed by atoms with Crippen LogP contribution in [0.5, 0.6) is 0 Å². The van der Waals surface area contributed by atoms with Crippen molar-refractivity contribution in [3.8, 4) is 0 Å². The van der Waals surface area contributed by atoms with Crippen molar-refractivity contribution in [3.63, 3.8) is 0 Å². The molecule has 2 unspecified atom stereocenters. The molecule has 18 heavy (non-hydrogen) atoms. The Morgan fingerprint density at radius 3 is 2.44 bits per heavy atom. The highest BCUT2D eigenvalue weighted by Crippen LogP contribution is 2.33. The average molecular weight is 247 g/mol. The summed E-state index contributed by atoms with van der Waals surface area (Å²) in [6, 6.07) is 4.51. The predicted octanol–water partition coefficient (Wildman–Crippen LogP) is 3.44. The third kappa shape index (κ3) is 2.60. The summed E-state index contributed by atoms with van der Waals surface area (Å²) < 4.78 is 6.35. The van der Waals surface area contributed by atoms with Crippen LogP contribution in [-0.4, -0.2) is 18.7 Å². The van der Waals surface area contributed by atoms with Gasteiger partial charge in [-0.3, -0.25) is 0 Å². The Morgan fingerprint density at radius 2 is 1.89 bits per heavy atom. The maximum atomic E-state index is 6.35. The van der Waals surface area contributed by atoms with E-state index in [0.29, 0.717) is 0 Å². The highest BCUT2D eigenvalue weighted by molar-refractivity contribution is 5.39. The fraction of sp³-hybridized carbons (Fsp3) is 0.625. The van der Waals surface area contributed by atoms with Gasteiger partial charge in [-0.15, -0.1) is 0 Å². The van der Waals surface area contributed by atoms with Gasteiger partial charge >= 0.3 is 0 Å². The third-order valence-electron chi connectivity index (χ3n) is 4.06. The van der Waals surface area contributed by atoms with Gasteiger partial charge in [0.25, 0.3) is 0 Å². The van der Waals surface area contributed by atoms with Crippen molar-refractivity contribution in [3.05, 3.63) is 34.4 Å². The van der Waals surface area contributed by atoms with Gasteiger partial charge in [0.2, 0.25) is 0 Å². The first-order valence-electron chi connectivity index (χ1n) is 6.91. The van der Waals surface area contributed by atoms with Crippen molar-refractivity contribution in [2.24, 2.45) is 0 Å². The molecule has 0 saturated carbocycles. The average Bonchev–Trinajstić information content (AvgIpc) is 2.28. The number of rotatable bonds is 2. The second-order valence-corrected chi connectivity index (χ2v) is 5.85. The van der Waals surface area contributed by atoms with E-state index in [4.69, 9.17) is 4.74 Å². The Bertz CT molecular complexity index is 418. The van der Waals surface area contributed by atoms with Crippen LogP contribution in [0.1, 0.15) is 48.6 Å². The molecule has 1 heterocycles. The Morgan fingerprint density at radius 1 is 1.28 bits per heavy atom. The van der Waals surface area contributed by atoms with Crippen LogP contribution in [0, 0.1) is 20.8 Å². The number of hydrogen-bond acceptors (Lipinski definition) is 2. The summed E-state index contributed by atoms with van der Waals surface area (Å²) in [6.45, 7) is 12.8. The van der Waals surface area contributed by atoms with Crippen molar-refractivity contribution in [2.75, 3.05) is 13.1 Å². The highest BCUT2D eigenvalue weighted by atomic mass is 16.5.